The van der Waals surface area contributed by atoms with Gasteiger partial charge in [0, 0.05) is 39.5 Å². The maximum Gasteiger partial charge on any atom is 0.303 e. The van der Waals surface area contributed by atoms with Crippen LogP contribution in [0.15, 0.2) is 11.6 Å². The summed E-state index contributed by atoms with van der Waals surface area (Å²) in [7, 11) is 0. The first kappa shape index (κ1) is 42.8. The first-order valence-electron chi connectivity index (χ1n) is 21.1. The van der Waals surface area contributed by atoms with Gasteiger partial charge in [0.2, 0.25) is 0 Å². The molecule has 0 radical (unpaired) electrons. The van der Waals surface area contributed by atoms with Crippen molar-refractivity contribution in [2.24, 2.45) is 50.2 Å². The van der Waals surface area contributed by atoms with E-state index in [0.29, 0.717) is 30.5 Å². The highest BCUT2D eigenvalue weighted by Crippen LogP contribution is 2.76. The van der Waals surface area contributed by atoms with E-state index in [-0.39, 0.29) is 45.0 Å². The summed E-state index contributed by atoms with van der Waals surface area (Å²) >= 11 is 0. The summed E-state index contributed by atoms with van der Waals surface area (Å²) in [6, 6.07) is 0. The highest BCUT2D eigenvalue weighted by molar-refractivity contribution is 5.85. The van der Waals surface area contributed by atoms with Crippen LogP contribution in [0.1, 0.15) is 147 Å². The van der Waals surface area contributed by atoms with Crippen molar-refractivity contribution in [2.45, 2.75) is 183 Å². The van der Waals surface area contributed by atoms with Gasteiger partial charge in [-0.1, -0.05) is 60.1 Å². The van der Waals surface area contributed by atoms with Gasteiger partial charge in [-0.2, -0.15) is 0 Å². The zero-order chi connectivity index (χ0) is 41.4. The average Bonchev–Trinajstić information content (AvgIpc) is 3.07. The van der Waals surface area contributed by atoms with Crippen LogP contribution in [0.5, 0.6) is 0 Å². The number of ketones is 1. The van der Waals surface area contributed by atoms with Crippen molar-refractivity contribution in [2.75, 3.05) is 6.61 Å². The third-order valence-electron chi connectivity index (χ3n) is 16.6. The van der Waals surface area contributed by atoms with E-state index in [1.54, 1.807) is 0 Å². The third-order valence-corrected chi connectivity index (χ3v) is 16.6. The molecule has 0 aromatic heterocycles. The monoisotopic (exact) mass is 784 g/mol. The summed E-state index contributed by atoms with van der Waals surface area (Å²) in [6.07, 6.45) is 5.01. The number of aliphatic hydroxyl groups excluding tert-OH is 1. The summed E-state index contributed by atoms with van der Waals surface area (Å²) in [6.45, 7) is 21.1. The molecule has 0 aromatic rings. The van der Waals surface area contributed by atoms with Crippen molar-refractivity contribution in [1.29, 1.82) is 0 Å². The van der Waals surface area contributed by atoms with Gasteiger partial charge in [0.25, 0.3) is 0 Å². The molecular formula is C45H68O11. The number of rotatable bonds is 8. The Morgan fingerprint density at radius 3 is 2.02 bits per heavy atom. The van der Waals surface area contributed by atoms with Crippen LogP contribution in [-0.2, 0) is 47.7 Å². The van der Waals surface area contributed by atoms with Gasteiger partial charge in [0.15, 0.2) is 18.3 Å². The number of carbonyl (C=O) groups excluding carboxylic acids is 5. The Bertz CT molecular complexity index is 1630. The van der Waals surface area contributed by atoms with Crippen molar-refractivity contribution < 1.29 is 52.8 Å². The Hall–Kier alpha value is -2.79. The zero-order valence-corrected chi connectivity index (χ0v) is 35.8. The molecule has 56 heavy (non-hydrogen) atoms. The average molecular weight is 785 g/mol. The Morgan fingerprint density at radius 2 is 1.39 bits per heavy atom. The van der Waals surface area contributed by atoms with E-state index in [2.05, 4.69) is 54.5 Å². The molecule has 1 heterocycles. The number of Topliss-reactive ketones (excluding diaryl/α,β-unsaturated/α-hetero) is 1. The van der Waals surface area contributed by atoms with E-state index >= 15 is 0 Å². The van der Waals surface area contributed by atoms with Crippen molar-refractivity contribution in [1.82, 2.24) is 0 Å². The van der Waals surface area contributed by atoms with E-state index in [9.17, 15) is 29.1 Å². The van der Waals surface area contributed by atoms with Gasteiger partial charge in [-0.25, -0.2) is 0 Å². The summed E-state index contributed by atoms with van der Waals surface area (Å²) < 4.78 is 28.9. The van der Waals surface area contributed by atoms with Crippen molar-refractivity contribution in [3.05, 3.63) is 11.6 Å². The van der Waals surface area contributed by atoms with Crippen LogP contribution in [0.2, 0.25) is 0 Å². The van der Waals surface area contributed by atoms with Gasteiger partial charge in [0.05, 0.1) is 6.10 Å². The highest BCUT2D eigenvalue weighted by atomic mass is 16.7. The summed E-state index contributed by atoms with van der Waals surface area (Å²) in [5, 5.41) is 12.5. The molecule has 314 valence electrons. The third kappa shape index (κ3) is 7.17. The van der Waals surface area contributed by atoms with E-state index in [4.69, 9.17) is 23.7 Å². The minimum Gasteiger partial charge on any atom is -0.463 e. The standard InChI is InChI=1S/C45H68O11/c1-25(46)52-24-32-37(53-26(2)47)39(55-28(4)49)38(54-27(3)48)36(56-32)31(50)23-45-20-18-40(5,6)22-30(45)29-12-13-34-42(9)16-15-35(51)41(7,8)33(42)14-17-44(34,11)43(29,10)19-21-45/h12,30-34,36-39,50H,13-24H2,1-11H3/t30?,31?,32?,33?,34?,36-,37+,38?,39?,42-,43+,44+,45+/m0/s1. The van der Waals surface area contributed by atoms with Gasteiger partial charge in [0.1, 0.15) is 24.6 Å². The molecule has 1 saturated heterocycles. The molecule has 6 rings (SSSR count). The smallest absolute Gasteiger partial charge is 0.303 e. The molecule has 5 aliphatic carbocycles. The lowest BCUT2D eigenvalue weighted by Crippen LogP contribution is -2.66. The second kappa shape index (κ2) is 14.8. The van der Waals surface area contributed by atoms with Crippen LogP contribution >= 0.6 is 0 Å². The van der Waals surface area contributed by atoms with Crippen LogP contribution in [0.25, 0.3) is 0 Å². The summed E-state index contributed by atoms with van der Waals surface area (Å²) in [4.78, 5) is 62.6. The molecule has 4 saturated carbocycles. The lowest BCUT2D eigenvalue weighted by atomic mass is 9.33. The second-order valence-corrected chi connectivity index (χ2v) is 20.7. The Kier molecular flexibility index (Phi) is 11.3. The number of allylic oxidation sites excluding steroid dienone is 2. The molecule has 13 atom stereocenters. The van der Waals surface area contributed by atoms with E-state index in [0.717, 1.165) is 57.8 Å². The van der Waals surface area contributed by atoms with Crippen molar-refractivity contribution in [3.63, 3.8) is 0 Å². The first-order valence-corrected chi connectivity index (χ1v) is 21.1. The fraction of sp³-hybridized carbons (Fsp3) is 0.844. The van der Waals surface area contributed by atoms with Gasteiger partial charge in [-0.05, 0) is 109 Å². The zero-order valence-electron chi connectivity index (χ0n) is 35.8. The molecule has 6 aliphatic rings. The van der Waals surface area contributed by atoms with Gasteiger partial charge >= 0.3 is 23.9 Å². The number of esters is 4. The van der Waals surface area contributed by atoms with Gasteiger partial charge < -0.3 is 28.8 Å². The van der Waals surface area contributed by atoms with E-state index in [1.165, 1.54) is 33.3 Å². The molecule has 0 aromatic carbocycles. The van der Waals surface area contributed by atoms with E-state index < -0.39 is 60.5 Å². The molecule has 5 fully saturated rings. The van der Waals surface area contributed by atoms with Crippen molar-refractivity contribution in [3.8, 4) is 0 Å². The molecule has 0 amide bonds. The van der Waals surface area contributed by atoms with E-state index in [1.807, 2.05) is 0 Å². The maximum atomic E-state index is 13.2. The predicted molar refractivity (Wildman–Crippen MR) is 207 cm³/mol. The Labute approximate surface area is 333 Å². The number of fused-ring (bicyclic) bond motifs is 7. The number of hydrogen-bond acceptors (Lipinski definition) is 11. The second-order valence-electron chi connectivity index (χ2n) is 20.7. The summed E-state index contributed by atoms with van der Waals surface area (Å²) in [5.74, 6) is -1.24. The molecule has 7 unspecified atom stereocenters. The fourth-order valence-electron chi connectivity index (χ4n) is 13.6. The van der Waals surface area contributed by atoms with Crippen LogP contribution in [0.4, 0.5) is 0 Å². The molecule has 1 N–H and O–H groups in total. The van der Waals surface area contributed by atoms with Crippen LogP contribution in [0, 0.1) is 50.2 Å². The molecule has 11 heteroatoms. The normalized spacial score (nSPS) is 42.9. The van der Waals surface area contributed by atoms with Crippen molar-refractivity contribution >= 4 is 29.7 Å². The number of carbonyl (C=O) groups is 5. The number of ether oxygens (including phenoxy) is 5. The SMILES string of the molecule is CC(=O)OCC1O[C@@H](C(O)C[C@]23CCC(C)(C)CC2C2=CCC4[C@@]5(C)CCC(=O)C(C)(C)C5CC[C@@]4(C)[C@]2(C)CC3)C(OC(C)=O)C(OC(C)=O)[C@@H]1OC(C)=O. The highest BCUT2D eigenvalue weighted by Gasteiger charge is 2.69. The molecule has 0 spiro atoms. The lowest BCUT2D eigenvalue weighted by Gasteiger charge is -2.71. The topological polar surface area (TPSA) is 152 Å². The maximum absolute atomic E-state index is 13.2. The Morgan fingerprint density at radius 1 is 0.786 bits per heavy atom. The molecular weight excluding hydrogens is 716 g/mol. The van der Waals surface area contributed by atoms with Crippen LogP contribution < -0.4 is 0 Å². The largest absolute Gasteiger partial charge is 0.463 e. The Balaban J connectivity index is 1.37. The predicted octanol–water partition coefficient (Wildman–Crippen LogP) is 7.23. The summed E-state index contributed by atoms with van der Waals surface area (Å²) in [5.41, 5.74) is 1.05. The lowest BCUT2D eigenvalue weighted by molar-refractivity contribution is -0.269. The first-order chi connectivity index (χ1) is 25.9. The minimum absolute atomic E-state index is 0.0466. The van der Waals surface area contributed by atoms with Gasteiger partial charge in [-0.15, -0.1) is 0 Å². The molecule has 11 nitrogen and oxygen atoms in total. The molecule has 0 bridgehead atoms. The van der Waals surface area contributed by atoms with Gasteiger partial charge in [-0.3, -0.25) is 24.0 Å². The minimum atomic E-state index is -1.32. The van der Waals surface area contributed by atoms with Crippen LogP contribution in [-0.4, -0.2) is 78.0 Å². The fourth-order valence-corrected chi connectivity index (χ4v) is 13.6. The number of hydrogen-bond donors (Lipinski definition) is 1. The quantitative estimate of drug-likeness (QED) is 0.151. The molecule has 1 aliphatic heterocycles. The number of aliphatic hydroxyl groups is 1. The van der Waals surface area contributed by atoms with Crippen LogP contribution in [0.3, 0.4) is 0 Å².